The number of ketones is 1. The van der Waals surface area contributed by atoms with Gasteiger partial charge in [0.1, 0.15) is 6.17 Å². The molecule has 0 spiro atoms. The molecule has 0 aromatic heterocycles. The summed E-state index contributed by atoms with van der Waals surface area (Å²) in [5, 5.41) is 0. The van der Waals surface area contributed by atoms with Gasteiger partial charge in [-0.25, -0.2) is 4.39 Å². The second kappa shape index (κ2) is 4.82. The molecule has 92 valence electrons. The average Bonchev–Trinajstić information content (AvgIpc) is 2.56. The SMILES string of the molecule is CCCCCN1C(=O)C(=O)C2=C1C(F)CC=C2. The molecule has 1 heterocycles. The van der Waals surface area contributed by atoms with E-state index in [9.17, 15) is 14.0 Å². The number of hydrogen-bond donors (Lipinski definition) is 0. The number of nitrogens with zero attached hydrogens (tertiary/aromatic N) is 1. The number of allylic oxidation sites excluding steroid dienone is 3. The van der Waals surface area contributed by atoms with E-state index in [0.29, 0.717) is 12.2 Å². The number of unbranched alkanes of at least 4 members (excludes halogenated alkanes) is 2. The van der Waals surface area contributed by atoms with Crippen molar-refractivity contribution in [3.8, 4) is 0 Å². The highest BCUT2D eigenvalue weighted by molar-refractivity contribution is 6.46. The Morgan fingerprint density at radius 1 is 1.41 bits per heavy atom. The van der Waals surface area contributed by atoms with Gasteiger partial charge < -0.3 is 4.90 Å². The molecule has 1 aliphatic heterocycles. The number of Topliss-reactive ketones (excluding diaryl/α,β-unsaturated/α-hetero) is 1. The van der Waals surface area contributed by atoms with E-state index in [-0.39, 0.29) is 12.0 Å². The molecule has 0 aromatic carbocycles. The van der Waals surface area contributed by atoms with Gasteiger partial charge in [0.25, 0.3) is 11.7 Å². The molecule has 0 N–H and O–H groups in total. The van der Waals surface area contributed by atoms with Crippen molar-refractivity contribution in [3.05, 3.63) is 23.4 Å². The van der Waals surface area contributed by atoms with Gasteiger partial charge in [-0.1, -0.05) is 31.9 Å². The van der Waals surface area contributed by atoms with Crippen molar-refractivity contribution in [2.45, 2.75) is 38.8 Å². The molecule has 2 aliphatic rings. The van der Waals surface area contributed by atoms with E-state index in [1.54, 1.807) is 12.2 Å². The normalized spacial score (nSPS) is 23.6. The molecule has 2 rings (SSSR count). The molecule has 1 amide bonds. The fraction of sp³-hybridized carbons (Fsp3) is 0.538. The minimum atomic E-state index is -1.22. The molecule has 0 bridgehead atoms. The van der Waals surface area contributed by atoms with Gasteiger partial charge in [0.05, 0.1) is 11.3 Å². The van der Waals surface area contributed by atoms with E-state index < -0.39 is 17.9 Å². The summed E-state index contributed by atoms with van der Waals surface area (Å²) in [5.41, 5.74) is 0.545. The number of amides is 1. The molecule has 0 saturated carbocycles. The number of alkyl halides is 1. The Morgan fingerprint density at radius 2 is 2.18 bits per heavy atom. The predicted molar refractivity (Wildman–Crippen MR) is 61.9 cm³/mol. The Kier molecular flexibility index (Phi) is 3.41. The van der Waals surface area contributed by atoms with E-state index in [2.05, 4.69) is 6.92 Å². The van der Waals surface area contributed by atoms with Crippen molar-refractivity contribution in [3.63, 3.8) is 0 Å². The van der Waals surface area contributed by atoms with Crippen LogP contribution in [-0.4, -0.2) is 29.3 Å². The third-order valence-electron chi connectivity index (χ3n) is 3.16. The fourth-order valence-corrected chi connectivity index (χ4v) is 2.27. The quantitative estimate of drug-likeness (QED) is 0.555. The van der Waals surface area contributed by atoms with Crippen LogP contribution in [0, 0.1) is 0 Å². The molecule has 1 unspecified atom stereocenters. The van der Waals surface area contributed by atoms with Crippen molar-refractivity contribution < 1.29 is 14.0 Å². The summed E-state index contributed by atoms with van der Waals surface area (Å²) < 4.78 is 13.8. The lowest BCUT2D eigenvalue weighted by atomic mass is 10.0. The maximum absolute atomic E-state index is 13.8. The van der Waals surface area contributed by atoms with E-state index in [0.717, 1.165) is 19.3 Å². The van der Waals surface area contributed by atoms with Gasteiger partial charge in [-0.2, -0.15) is 0 Å². The van der Waals surface area contributed by atoms with Gasteiger partial charge in [0.15, 0.2) is 0 Å². The monoisotopic (exact) mass is 237 g/mol. The molecule has 1 aliphatic carbocycles. The Labute approximate surface area is 100.0 Å². The molecule has 0 radical (unpaired) electrons. The first-order chi connectivity index (χ1) is 8.16. The van der Waals surface area contributed by atoms with Gasteiger partial charge in [0.2, 0.25) is 0 Å². The highest BCUT2D eigenvalue weighted by Gasteiger charge is 2.41. The summed E-state index contributed by atoms with van der Waals surface area (Å²) in [4.78, 5) is 24.7. The van der Waals surface area contributed by atoms with Gasteiger partial charge in [0, 0.05) is 13.0 Å². The van der Waals surface area contributed by atoms with E-state index in [1.807, 2.05) is 0 Å². The third kappa shape index (κ3) is 2.04. The lowest BCUT2D eigenvalue weighted by Gasteiger charge is -2.23. The molecule has 0 fully saturated rings. The average molecular weight is 237 g/mol. The summed E-state index contributed by atoms with van der Waals surface area (Å²) >= 11 is 0. The van der Waals surface area contributed by atoms with Crippen LogP contribution in [0.4, 0.5) is 4.39 Å². The van der Waals surface area contributed by atoms with Crippen LogP contribution in [0.15, 0.2) is 23.4 Å². The predicted octanol–water partition coefficient (Wildman–Crippen LogP) is 2.14. The van der Waals surface area contributed by atoms with Gasteiger partial charge in [-0.3, -0.25) is 9.59 Å². The van der Waals surface area contributed by atoms with Crippen LogP contribution in [-0.2, 0) is 9.59 Å². The molecule has 4 heteroatoms. The molecular weight excluding hydrogens is 221 g/mol. The molecule has 17 heavy (non-hydrogen) atoms. The number of halogens is 1. The summed E-state index contributed by atoms with van der Waals surface area (Å²) in [6, 6.07) is 0. The maximum atomic E-state index is 13.8. The Balaban J connectivity index is 2.20. The van der Waals surface area contributed by atoms with E-state index >= 15 is 0 Å². The van der Waals surface area contributed by atoms with E-state index in [4.69, 9.17) is 0 Å². The van der Waals surface area contributed by atoms with Crippen LogP contribution >= 0.6 is 0 Å². The lowest BCUT2D eigenvalue weighted by molar-refractivity contribution is -0.139. The minimum absolute atomic E-state index is 0.254. The first kappa shape index (κ1) is 12.0. The van der Waals surface area contributed by atoms with Crippen molar-refractivity contribution in [2.75, 3.05) is 6.54 Å². The van der Waals surface area contributed by atoms with Crippen LogP contribution in [0.5, 0.6) is 0 Å². The summed E-state index contributed by atoms with van der Waals surface area (Å²) in [7, 11) is 0. The minimum Gasteiger partial charge on any atom is -0.306 e. The zero-order chi connectivity index (χ0) is 12.4. The zero-order valence-corrected chi connectivity index (χ0v) is 9.91. The Morgan fingerprint density at radius 3 is 2.88 bits per heavy atom. The molecule has 0 aromatic rings. The first-order valence-corrected chi connectivity index (χ1v) is 6.07. The second-order valence-corrected chi connectivity index (χ2v) is 4.40. The highest BCUT2D eigenvalue weighted by Crippen LogP contribution is 2.32. The number of carbonyl (C=O) groups excluding carboxylic acids is 2. The van der Waals surface area contributed by atoms with Crippen molar-refractivity contribution in [2.24, 2.45) is 0 Å². The zero-order valence-electron chi connectivity index (χ0n) is 9.91. The van der Waals surface area contributed by atoms with Gasteiger partial charge in [-0.05, 0) is 6.42 Å². The standard InChI is InChI=1S/C13H16FNO2/c1-2-3-4-8-15-11-9(12(16)13(15)17)6-5-7-10(11)14/h5-6,10H,2-4,7-8H2,1H3. The van der Waals surface area contributed by atoms with Crippen molar-refractivity contribution in [1.82, 2.24) is 4.90 Å². The summed E-state index contributed by atoms with van der Waals surface area (Å²) in [5.74, 6) is -1.13. The Bertz CT molecular complexity index is 412. The van der Waals surface area contributed by atoms with Crippen LogP contribution in [0.2, 0.25) is 0 Å². The van der Waals surface area contributed by atoms with Crippen LogP contribution in [0.3, 0.4) is 0 Å². The van der Waals surface area contributed by atoms with Gasteiger partial charge in [-0.15, -0.1) is 0 Å². The van der Waals surface area contributed by atoms with E-state index in [1.165, 1.54) is 4.90 Å². The Hall–Kier alpha value is -1.45. The topological polar surface area (TPSA) is 37.4 Å². The first-order valence-electron chi connectivity index (χ1n) is 6.07. The molecule has 0 saturated heterocycles. The van der Waals surface area contributed by atoms with Crippen LogP contribution in [0.1, 0.15) is 32.6 Å². The maximum Gasteiger partial charge on any atom is 0.299 e. The smallest absolute Gasteiger partial charge is 0.299 e. The number of hydrogen-bond acceptors (Lipinski definition) is 2. The molecule has 1 atom stereocenters. The fourth-order valence-electron chi connectivity index (χ4n) is 2.27. The lowest BCUT2D eigenvalue weighted by Crippen LogP contribution is -2.32. The third-order valence-corrected chi connectivity index (χ3v) is 3.16. The highest BCUT2D eigenvalue weighted by atomic mass is 19.1. The molecular formula is C13H16FNO2. The van der Waals surface area contributed by atoms with Crippen LogP contribution in [0.25, 0.3) is 0 Å². The largest absolute Gasteiger partial charge is 0.306 e. The number of carbonyl (C=O) groups is 2. The van der Waals surface area contributed by atoms with Gasteiger partial charge >= 0.3 is 0 Å². The summed E-state index contributed by atoms with van der Waals surface area (Å²) in [6.45, 7) is 2.51. The van der Waals surface area contributed by atoms with Crippen LogP contribution < -0.4 is 0 Å². The van der Waals surface area contributed by atoms with Crippen molar-refractivity contribution in [1.29, 1.82) is 0 Å². The number of rotatable bonds is 4. The second-order valence-electron chi connectivity index (χ2n) is 4.40. The molecule has 3 nitrogen and oxygen atoms in total. The summed E-state index contributed by atoms with van der Waals surface area (Å²) in [6.07, 6.45) is 5.04. The van der Waals surface area contributed by atoms with Crippen molar-refractivity contribution >= 4 is 11.7 Å².